The van der Waals surface area contributed by atoms with Crippen LogP contribution in [0.1, 0.15) is 43.4 Å². The second-order valence-corrected chi connectivity index (χ2v) is 6.26. The fourth-order valence-electron chi connectivity index (χ4n) is 3.23. The van der Waals surface area contributed by atoms with Crippen molar-refractivity contribution in [3.8, 4) is 0 Å². The third-order valence-electron chi connectivity index (χ3n) is 4.56. The van der Waals surface area contributed by atoms with Crippen molar-refractivity contribution in [2.45, 2.75) is 33.6 Å². The second-order valence-electron chi connectivity index (χ2n) is 6.26. The number of rotatable bonds is 7. The Morgan fingerprint density at radius 3 is 2.46 bits per heavy atom. The highest BCUT2D eigenvalue weighted by Gasteiger charge is 2.18. The lowest BCUT2D eigenvalue weighted by Crippen LogP contribution is -2.21. The minimum absolute atomic E-state index is 0.122. The van der Waals surface area contributed by atoms with Gasteiger partial charge in [0.25, 0.3) is 5.91 Å². The van der Waals surface area contributed by atoms with Crippen LogP contribution in [-0.2, 0) is 6.42 Å². The Labute approximate surface area is 154 Å². The molecule has 136 valence electrons. The van der Waals surface area contributed by atoms with Gasteiger partial charge in [0.05, 0.1) is 5.69 Å². The molecule has 1 amide bonds. The number of imidazole rings is 1. The number of fused-ring (bicyclic) bond motifs is 1. The molecule has 0 aliphatic rings. The van der Waals surface area contributed by atoms with Crippen LogP contribution in [0.3, 0.4) is 0 Å². The van der Waals surface area contributed by atoms with E-state index in [0.717, 1.165) is 48.6 Å². The zero-order chi connectivity index (χ0) is 18.5. The quantitative estimate of drug-likeness (QED) is 0.688. The predicted molar refractivity (Wildman–Crippen MR) is 107 cm³/mol. The molecule has 3 aromatic rings. The number of aromatic nitrogens is 2. The molecular formula is C21H26N4O. The summed E-state index contributed by atoms with van der Waals surface area (Å²) >= 11 is 0. The molecule has 1 N–H and O–H groups in total. The van der Waals surface area contributed by atoms with Crippen molar-refractivity contribution in [1.29, 1.82) is 0 Å². The van der Waals surface area contributed by atoms with Crippen molar-refractivity contribution in [3.63, 3.8) is 0 Å². The summed E-state index contributed by atoms with van der Waals surface area (Å²) in [5, 5.41) is 3.02. The van der Waals surface area contributed by atoms with Crippen molar-refractivity contribution in [1.82, 2.24) is 9.38 Å². The normalized spacial score (nSPS) is 10.9. The van der Waals surface area contributed by atoms with Gasteiger partial charge in [0.2, 0.25) is 0 Å². The molecule has 0 atom stereocenters. The van der Waals surface area contributed by atoms with Gasteiger partial charge in [-0.25, -0.2) is 4.98 Å². The van der Waals surface area contributed by atoms with E-state index in [1.807, 2.05) is 53.1 Å². The van der Waals surface area contributed by atoms with Gasteiger partial charge in [-0.05, 0) is 56.7 Å². The molecule has 0 bridgehead atoms. The van der Waals surface area contributed by atoms with E-state index in [0.29, 0.717) is 5.69 Å². The number of anilines is 2. The predicted octanol–water partition coefficient (Wildman–Crippen LogP) is 4.39. The second kappa shape index (κ2) is 8.04. The number of carbonyl (C=O) groups is 1. The van der Waals surface area contributed by atoms with Gasteiger partial charge < -0.3 is 10.2 Å². The standard InChI is InChI=1S/C21H26N4O/c1-4-9-18-20(25-15-8-7-10-19(25)23-18)21(26)22-16-11-13-17(14-12-16)24(5-2)6-3/h7-8,10-15H,4-6,9H2,1-3H3,(H,22,26). The van der Waals surface area contributed by atoms with E-state index in [9.17, 15) is 4.79 Å². The van der Waals surface area contributed by atoms with Crippen LogP contribution in [0.25, 0.3) is 5.65 Å². The van der Waals surface area contributed by atoms with Crippen LogP contribution < -0.4 is 10.2 Å². The Hall–Kier alpha value is -2.82. The van der Waals surface area contributed by atoms with E-state index in [1.54, 1.807) is 0 Å². The molecule has 0 saturated heterocycles. The Kier molecular flexibility index (Phi) is 5.56. The maximum absolute atomic E-state index is 12.9. The molecule has 2 heterocycles. The van der Waals surface area contributed by atoms with E-state index in [2.05, 4.69) is 36.0 Å². The number of hydrogen-bond acceptors (Lipinski definition) is 3. The number of aryl methyl sites for hydroxylation is 1. The van der Waals surface area contributed by atoms with Crippen molar-refractivity contribution >= 4 is 22.9 Å². The van der Waals surface area contributed by atoms with E-state index in [1.165, 1.54) is 0 Å². The zero-order valence-electron chi connectivity index (χ0n) is 15.7. The minimum atomic E-state index is -0.122. The summed E-state index contributed by atoms with van der Waals surface area (Å²) in [6, 6.07) is 13.8. The summed E-state index contributed by atoms with van der Waals surface area (Å²) in [6.07, 6.45) is 3.62. The number of carbonyl (C=O) groups excluding carboxylic acids is 1. The van der Waals surface area contributed by atoms with Gasteiger partial charge in [-0.2, -0.15) is 0 Å². The molecule has 0 aliphatic carbocycles. The molecule has 0 aliphatic heterocycles. The first-order valence-corrected chi connectivity index (χ1v) is 9.30. The number of nitrogens with zero attached hydrogens (tertiary/aromatic N) is 3. The number of pyridine rings is 1. The largest absolute Gasteiger partial charge is 0.372 e. The van der Waals surface area contributed by atoms with Crippen LogP contribution in [0.4, 0.5) is 11.4 Å². The first-order chi connectivity index (χ1) is 12.7. The van der Waals surface area contributed by atoms with Crippen molar-refractivity contribution in [3.05, 3.63) is 60.0 Å². The van der Waals surface area contributed by atoms with Gasteiger partial charge in [0.1, 0.15) is 11.3 Å². The van der Waals surface area contributed by atoms with Crippen LogP contribution in [0, 0.1) is 0 Å². The lowest BCUT2D eigenvalue weighted by Gasteiger charge is -2.21. The molecule has 5 nitrogen and oxygen atoms in total. The van der Waals surface area contributed by atoms with Crippen molar-refractivity contribution in [2.24, 2.45) is 0 Å². The smallest absolute Gasteiger partial charge is 0.274 e. The molecule has 3 rings (SSSR count). The highest BCUT2D eigenvalue weighted by Crippen LogP contribution is 2.20. The maximum Gasteiger partial charge on any atom is 0.274 e. The monoisotopic (exact) mass is 350 g/mol. The number of amides is 1. The summed E-state index contributed by atoms with van der Waals surface area (Å²) in [5.74, 6) is -0.122. The summed E-state index contributed by atoms with van der Waals surface area (Å²) in [7, 11) is 0. The first kappa shape index (κ1) is 18.0. The van der Waals surface area contributed by atoms with Crippen LogP contribution in [-0.4, -0.2) is 28.4 Å². The molecule has 1 aromatic carbocycles. The SMILES string of the molecule is CCCc1nc2ccccn2c1C(=O)Nc1ccc(N(CC)CC)cc1. The fraction of sp³-hybridized carbons (Fsp3) is 0.333. The Bertz CT molecular complexity index is 879. The van der Waals surface area contributed by atoms with Gasteiger partial charge in [-0.3, -0.25) is 9.20 Å². The van der Waals surface area contributed by atoms with Gasteiger partial charge in [-0.1, -0.05) is 19.4 Å². The van der Waals surface area contributed by atoms with E-state index < -0.39 is 0 Å². The summed E-state index contributed by atoms with van der Waals surface area (Å²) in [5.41, 5.74) is 4.22. The molecule has 0 fully saturated rings. The number of nitrogens with one attached hydrogen (secondary N) is 1. The molecule has 0 saturated carbocycles. The number of hydrogen-bond donors (Lipinski definition) is 1. The van der Waals surface area contributed by atoms with Crippen LogP contribution in [0.2, 0.25) is 0 Å². The Morgan fingerprint density at radius 1 is 1.08 bits per heavy atom. The molecular weight excluding hydrogens is 324 g/mol. The van der Waals surface area contributed by atoms with Gasteiger partial charge in [-0.15, -0.1) is 0 Å². The van der Waals surface area contributed by atoms with E-state index >= 15 is 0 Å². The van der Waals surface area contributed by atoms with Gasteiger partial charge >= 0.3 is 0 Å². The molecule has 0 unspecified atom stereocenters. The molecule has 0 radical (unpaired) electrons. The van der Waals surface area contributed by atoms with Gasteiger partial charge in [0.15, 0.2) is 0 Å². The Balaban J connectivity index is 1.86. The number of benzene rings is 1. The summed E-state index contributed by atoms with van der Waals surface area (Å²) in [4.78, 5) is 19.8. The van der Waals surface area contributed by atoms with E-state index in [-0.39, 0.29) is 5.91 Å². The highest BCUT2D eigenvalue weighted by atomic mass is 16.2. The zero-order valence-corrected chi connectivity index (χ0v) is 15.7. The molecule has 26 heavy (non-hydrogen) atoms. The average molecular weight is 350 g/mol. The van der Waals surface area contributed by atoms with Crippen molar-refractivity contribution < 1.29 is 4.79 Å². The summed E-state index contributed by atoms with van der Waals surface area (Å²) in [6.45, 7) is 8.30. The maximum atomic E-state index is 12.9. The molecule has 0 spiro atoms. The van der Waals surface area contributed by atoms with Crippen molar-refractivity contribution in [2.75, 3.05) is 23.3 Å². The van der Waals surface area contributed by atoms with Gasteiger partial charge in [0, 0.05) is 30.7 Å². The van der Waals surface area contributed by atoms with Crippen LogP contribution in [0.15, 0.2) is 48.7 Å². The lowest BCUT2D eigenvalue weighted by molar-refractivity contribution is 0.102. The van der Waals surface area contributed by atoms with Crippen LogP contribution in [0.5, 0.6) is 0 Å². The third-order valence-corrected chi connectivity index (χ3v) is 4.56. The summed E-state index contributed by atoms with van der Waals surface area (Å²) < 4.78 is 1.87. The topological polar surface area (TPSA) is 49.6 Å². The minimum Gasteiger partial charge on any atom is -0.372 e. The van der Waals surface area contributed by atoms with E-state index in [4.69, 9.17) is 0 Å². The van der Waals surface area contributed by atoms with Crippen LogP contribution >= 0.6 is 0 Å². The third kappa shape index (κ3) is 3.57. The molecule has 5 heteroatoms. The fourth-order valence-corrected chi connectivity index (χ4v) is 3.23. The Morgan fingerprint density at radius 2 is 1.81 bits per heavy atom. The molecule has 2 aromatic heterocycles. The lowest BCUT2D eigenvalue weighted by atomic mass is 10.2. The average Bonchev–Trinajstić information content (AvgIpc) is 3.02. The first-order valence-electron chi connectivity index (χ1n) is 9.30. The highest BCUT2D eigenvalue weighted by molar-refractivity contribution is 6.04.